The molecule has 2 aromatic carbocycles. The number of rotatable bonds is 6. The molecule has 1 saturated heterocycles. The Morgan fingerprint density at radius 2 is 1.71 bits per heavy atom. The molecule has 12 heteroatoms. The SMILES string of the molecule is COc1ccc(S(=O)(=O)N2CCCC(NC(=O)N3CCc4cc(S(=O)(=O)N(C)C)ccc43)C2)cc1. The van der Waals surface area contributed by atoms with Gasteiger partial charge in [-0.3, -0.25) is 4.90 Å². The summed E-state index contributed by atoms with van der Waals surface area (Å²) in [5.41, 5.74) is 1.45. The zero-order valence-corrected chi connectivity index (χ0v) is 21.6. The average Bonchev–Trinajstić information content (AvgIpc) is 3.27. The molecule has 2 aromatic rings. The van der Waals surface area contributed by atoms with Gasteiger partial charge in [-0.2, -0.15) is 4.31 Å². The van der Waals surface area contributed by atoms with Gasteiger partial charge in [-0.25, -0.2) is 25.9 Å². The predicted molar refractivity (Wildman–Crippen MR) is 132 cm³/mol. The van der Waals surface area contributed by atoms with Crippen molar-refractivity contribution >= 4 is 31.8 Å². The fourth-order valence-electron chi connectivity index (χ4n) is 4.39. The van der Waals surface area contributed by atoms with Gasteiger partial charge in [0.1, 0.15) is 5.75 Å². The van der Waals surface area contributed by atoms with Gasteiger partial charge in [0.05, 0.1) is 16.9 Å². The largest absolute Gasteiger partial charge is 0.497 e. The Morgan fingerprint density at radius 3 is 2.37 bits per heavy atom. The number of sulfonamides is 2. The third kappa shape index (κ3) is 5.01. The van der Waals surface area contributed by atoms with Gasteiger partial charge in [0.2, 0.25) is 20.0 Å². The van der Waals surface area contributed by atoms with Crippen molar-refractivity contribution in [3.05, 3.63) is 48.0 Å². The molecule has 2 heterocycles. The third-order valence-corrected chi connectivity index (χ3v) is 10.1. The molecule has 0 aromatic heterocycles. The maximum Gasteiger partial charge on any atom is 0.322 e. The zero-order chi connectivity index (χ0) is 25.4. The molecule has 2 aliphatic heterocycles. The zero-order valence-electron chi connectivity index (χ0n) is 20.0. The molecule has 0 radical (unpaired) electrons. The van der Waals surface area contributed by atoms with Crippen molar-refractivity contribution in [2.45, 2.75) is 35.1 Å². The number of methoxy groups -OCH3 is 1. The lowest BCUT2D eigenvalue weighted by molar-refractivity contribution is 0.231. The van der Waals surface area contributed by atoms with Crippen molar-refractivity contribution < 1.29 is 26.4 Å². The van der Waals surface area contributed by atoms with E-state index in [1.165, 1.54) is 43.7 Å². The maximum atomic E-state index is 13.1. The number of amides is 2. The van der Waals surface area contributed by atoms with E-state index in [4.69, 9.17) is 4.74 Å². The van der Waals surface area contributed by atoms with Crippen LogP contribution >= 0.6 is 0 Å². The fourth-order valence-corrected chi connectivity index (χ4v) is 6.86. The summed E-state index contributed by atoms with van der Waals surface area (Å²) in [6.07, 6.45) is 1.84. The molecule has 2 aliphatic rings. The van der Waals surface area contributed by atoms with Crippen molar-refractivity contribution in [2.75, 3.05) is 45.7 Å². The molecule has 0 bridgehead atoms. The number of piperidine rings is 1. The van der Waals surface area contributed by atoms with Crippen LogP contribution in [0.1, 0.15) is 18.4 Å². The van der Waals surface area contributed by atoms with Crippen molar-refractivity contribution in [3.8, 4) is 5.75 Å². The predicted octanol–water partition coefficient (Wildman–Crippen LogP) is 1.87. The minimum absolute atomic E-state index is 0.181. The van der Waals surface area contributed by atoms with E-state index in [-0.39, 0.29) is 28.4 Å². The van der Waals surface area contributed by atoms with Gasteiger partial charge >= 0.3 is 6.03 Å². The van der Waals surface area contributed by atoms with E-state index in [1.54, 1.807) is 29.2 Å². The Bertz CT molecular complexity index is 1310. The summed E-state index contributed by atoms with van der Waals surface area (Å²) in [6, 6.07) is 10.4. The number of nitrogens with one attached hydrogen (secondary N) is 1. The van der Waals surface area contributed by atoms with E-state index in [0.29, 0.717) is 43.8 Å². The Balaban J connectivity index is 1.45. The summed E-state index contributed by atoms with van der Waals surface area (Å²) in [5, 5.41) is 2.97. The minimum atomic E-state index is -3.70. The normalized spacial score (nSPS) is 19.0. The molecular formula is C23H30N4O6S2. The number of anilines is 1. The molecule has 10 nitrogen and oxygen atoms in total. The van der Waals surface area contributed by atoms with Crippen LogP contribution in [-0.2, 0) is 26.5 Å². The van der Waals surface area contributed by atoms with Crippen LogP contribution in [0.25, 0.3) is 0 Å². The molecule has 1 N–H and O–H groups in total. The first-order valence-electron chi connectivity index (χ1n) is 11.3. The summed E-state index contributed by atoms with van der Waals surface area (Å²) in [6.45, 7) is 0.991. The highest BCUT2D eigenvalue weighted by molar-refractivity contribution is 7.89. The van der Waals surface area contributed by atoms with Crippen LogP contribution in [0.3, 0.4) is 0 Å². The van der Waals surface area contributed by atoms with Crippen LogP contribution in [0.5, 0.6) is 5.75 Å². The Hall–Kier alpha value is -2.67. The number of carbonyl (C=O) groups excluding carboxylic acids is 1. The molecule has 35 heavy (non-hydrogen) atoms. The number of hydrogen-bond acceptors (Lipinski definition) is 6. The van der Waals surface area contributed by atoms with Crippen molar-refractivity contribution in [2.24, 2.45) is 0 Å². The van der Waals surface area contributed by atoms with Crippen LogP contribution in [0.4, 0.5) is 10.5 Å². The summed E-state index contributed by atoms with van der Waals surface area (Å²) >= 11 is 0. The molecule has 1 fully saturated rings. The molecule has 1 atom stereocenters. The highest BCUT2D eigenvalue weighted by Crippen LogP contribution is 2.31. The molecule has 2 amide bonds. The number of carbonyl (C=O) groups is 1. The molecule has 0 saturated carbocycles. The topological polar surface area (TPSA) is 116 Å². The van der Waals surface area contributed by atoms with E-state index in [0.717, 1.165) is 9.87 Å². The van der Waals surface area contributed by atoms with E-state index in [2.05, 4.69) is 5.32 Å². The lowest BCUT2D eigenvalue weighted by Gasteiger charge is -2.33. The Morgan fingerprint density at radius 1 is 1.03 bits per heavy atom. The quantitative estimate of drug-likeness (QED) is 0.619. The number of hydrogen-bond donors (Lipinski definition) is 1. The molecule has 0 aliphatic carbocycles. The number of benzene rings is 2. The lowest BCUT2D eigenvalue weighted by atomic mass is 10.1. The van der Waals surface area contributed by atoms with Gasteiger partial charge in [-0.05, 0) is 67.3 Å². The molecule has 0 spiro atoms. The fraction of sp³-hybridized carbons (Fsp3) is 0.435. The maximum absolute atomic E-state index is 13.1. The average molecular weight is 523 g/mol. The Kier molecular flexibility index (Phi) is 7.09. The van der Waals surface area contributed by atoms with Crippen molar-refractivity contribution in [1.82, 2.24) is 13.9 Å². The molecule has 190 valence electrons. The lowest BCUT2D eigenvalue weighted by Crippen LogP contribution is -2.52. The van der Waals surface area contributed by atoms with Crippen LogP contribution in [0.2, 0.25) is 0 Å². The highest BCUT2D eigenvalue weighted by atomic mass is 32.2. The van der Waals surface area contributed by atoms with Crippen LogP contribution in [0.15, 0.2) is 52.3 Å². The van der Waals surface area contributed by atoms with Crippen LogP contribution in [-0.4, -0.2) is 78.4 Å². The van der Waals surface area contributed by atoms with Gasteiger partial charge in [-0.1, -0.05) is 0 Å². The second kappa shape index (κ2) is 9.76. The van der Waals surface area contributed by atoms with Crippen molar-refractivity contribution in [1.29, 1.82) is 0 Å². The van der Waals surface area contributed by atoms with Crippen LogP contribution < -0.4 is 15.0 Å². The van der Waals surface area contributed by atoms with Crippen LogP contribution in [0, 0.1) is 0 Å². The first-order chi connectivity index (χ1) is 16.5. The summed E-state index contributed by atoms with van der Waals surface area (Å²) in [5.74, 6) is 0.574. The smallest absolute Gasteiger partial charge is 0.322 e. The summed E-state index contributed by atoms with van der Waals surface area (Å²) in [7, 11) is -2.79. The first-order valence-corrected chi connectivity index (χ1v) is 14.2. The highest BCUT2D eigenvalue weighted by Gasteiger charge is 2.33. The summed E-state index contributed by atoms with van der Waals surface area (Å²) < 4.78 is 58.7. The van der Waals surface area contributed by atoms with E-state index < -0.39 is 20.0 Å². The van der Waals surface area contributed by atoms with E-state index in [1.807, 2.05) is 0 Å². The van der Waals surface area contributed by atoms with Gasteiger partial charge in [0, 0.05) is 45.5 Å². The van der Waals surface area contributed by atoms with Crippen molar-refractivity contribution in [3.63, 3.8) is 0 Å². The molecular weight excluding hydrogens is 492 g/mol. The first kappa shape index (κ1) is 25.4. The third-order valence-electron chi connectivity index (χ3n) is 6.38. The summed E-state index contributed by atoms with van der Waals surface area (Å²) in [4.78, 5) is 15.0. The number of urea groups is 1. The minimum Gasteiger partial charge on any atom is -0.497 e. The number of ether oxygens (including phenoxy) is 1. The van der Waals surface area contributed by atoms with Gasteiger partial charge in [0.15, 0.2) is 0 Å². The van der Waals surface area contributed by atoms with E-state index >= 15 is 0 Å². The standard InChI is InChI=1S/C23H30N4O6S2/c1-25(2)34(29,30)21-10-11-22-17(15-21)12-14-27(22)23(28)24-18-5-4-13-26(16-18)35(31,32)20-8-6-19(33-3)7-9-20/h6-11,15,18H,4-5,12-14,16H2,1-3H3,(H,24,28). The number of fused-ring (bicyclic) bond motifs is 1. The molecule has 4 rings (SSSR count). The number of nitrogens with zero attached hydrogens (tertiary/aromatic N) is 3. The van der Waals surface area contributed by atoms with Gasteiger partial charge < -0.3 is 10.1 Å². The van der Waals surface area contributed by atoms with Gasteiger partial charge in [0.25, 0.3) is 0 Å². The Labute approximate surface area is 206 Å². The second-order valence-electron chi connectivity index (χ2n) is 8.81. The molecule has 1 unspecified atom stereocenters. The van der Waals surface area contributed by atoms with Gasteiger partial charge in [-0.15, -0.1) is 0 Å². The monoisotopic (exact) mass is 522 g/mol. The second-order valence-corrected chi connectivity index (χ2v) is 12.9. The van der Waals surface area contributed by atoms with E-state index in [9.17, 15) is 21.6 Å².